The molecule has 1 heterocycles. The number of nitrogens with zero attached hydrogens (tertiary/aromatic N) is 3. The molecule has 1 rings (SSSR count). The largest absolute Gasteiger partial charge is 0.354 e. The van der Waals surface area contributed by atoms with Crippen molar-refractivity contribution >= 4 is 12.3 Å². The first kappa shape index (κ1) is 13.9. The van der Waals surface area contributed by atoms with Crippen LogP contribution in [0.2, 0.25) is 0 Å². The molecule has 2 amide bonds. The molecule has 6 nitrogen and oxygen atoms in total. The maximum Gasteiger partial charge on any atom is 0.234 e. The number of carbonyl (C=O) groups is 2. The quantitative estimate of drug-likeness (QED) is 0.572. The van der Waals surface area contributed by atoms with E-state index in [9.17, 15) is 9.59 Å². The molecule has 0 atom stereocenters. The minimum Gasteiger partial charge on any atom is -0.354 e. The van der Waals surface area contributed by atoms with Gasteiger partial charge in [0.1, 0.15) is 0 Å². The highest BCUT2D eigenvalue weighted by atomic mass is 16.2. The third-order valence-electron chi connectivity index (χ3n) is 2.80. The zero-order valence-electron chi connectivity index (χ0n) is 10.7. The fourth-order valence-electron chi connectivity index (χ4n) is 1.70. The molecule has 1 fully saturated rings. The third kappa shape index (κ3) is 5.65. The molecule has 0 radical (unpaired) electrons. The lowest BCUT2D eigenvalue weighted by Crippen LogP contribution is -2.49. The lowest BCUT2D eigenvalue weighted by molar-refractivity contribution is -0.123. The number of rotatable bonds is 6. The summed E-state index contributed by atoms with van der Waals surface area (Å²) in [6.45, 7) is 4.95. The number of piperazine rings is 1. The van der Waals surface area contributed by atoms with Gasteiger partial charge in [0.05, 0.1) is 6.54 Å². The molecule has 0 spiro atoms. The van der Waals surface area contributed by atoms with Gasteiger partial charge in [0.25, 0.3) is 0 Å². The first-order valence-corrected chi connectivity index (χ1v) is 5.95. The molecule has 98 valence electrons. The van der Waals surface area contributed by atoms with Gasteiger partial charge in [-0.05, 0) is 14.1 Å². The van der Waals surface area contributed by atoms with Crippen LogP contribution in [0.4, 0.5) is 0 Å². The molecule has 0 aromatic heterocycles. The summed E-state index contributed by atoms with van der Waals surface area (Å²) >= 11 is 0. The van der Waals surface area contributed by atoms with Crippen molar-refractivity contribution < 1.29 is 9.59 Å². The average molecular weight is 242 g/mol. The number of hydrogen-bond acceptors (Lipinski definition) is 4. The lowest BCUT2D eigenvalue weighted by atomic mass is 10.3. The molecule has 0 saturated carbocycles. The van der Waals surface area contributed by atoms with Gasteiger partial charge in [0, 0.05) is 39.3 Å². The molecule has 1 aliphatic heterocycles. The lowest BCUT2D eigenvalue weighted by Gasteiger charge is -2.31. The second kappa shape index (κ2) is 7.24. The number of amides is 2. The molecular formula is C11H22N4O2. The van der Waals surface area contributed by atoms with E-state index in [0.717, 1.165) is 26.0 Å². The van der Waals surface area contributed by atoms with Crippen LogP contribution in [0.25, 0.3) is 0 Å². The Labute approximate surface area is 103 Å². The molecular weight excluding hydrogens is 220 g/mol. The zero-order valence-corrected chi connectivity index (χ0v) is 10.7. The average Bonchev–Trinajstić information content (AvgIpc) is 2.29. The van der Waals surface area contributed by atoms with Crippen LogP contribution < -0.4 is 5.32 Å². The first-order valence-electron chi connectivity index (χ1n) is 5.95. The Hall–Kier alpha value is -1.14. The maximum atomic E-state index is 11.6. The van der Waals surface area contributed by atoms with E-state index < -0.39 is 0 Å². The van der Waals surface area contributed by atoms with Gasteiger partial charge in [0.2, 0.25) is 12.3 Å². The van der Waals surface area contributed by atoms with Gasteiger partial charge < -0.3 is 15.1 Å². The van der Waals surface area contributed by atoms with Crippen LogP contribution in [0.1, 0.15) is 0 Å². The molecule has 0 bridgehead atoms. The van der Waals surface area contributed by atoms with Gasteiger partial charge in [-0.25, -0.2) is 0 Å². The summed E-state index contributed by atoms with van der Waals surface area (Å²) in [4.78, 5) is 27.9. The molecule has 0 aromatic rings. The van der Waals surface area contributed by atoms with Crippen molar-refractivity contribution in [1.29, 1.82) is 0 Å². The van der Waals surface area contributed by atoms with Crippen LogP contribution in [0.15, 0.2) is 0 Å². The number of carbonyl (C=O) groups excluding carboxylic acids is 2. The second-order valence-corrected chi connectivity index (χ2v) is 4.57. The highest BCUT2D eigenvalue weighted by Gasteiger charge is 2.17. The van der Waals surface area contributed by atoms with Crippen molar-refractivity contribution in [3.63, 3.8) is 0 Å². The van der Waals surface area contributed by atoms with Crippen LogP contribution in [-0.2, 0) is 9.59 Å². The van der Waals surface area contributed by atoms with Crippen molar-refractivity contribution in [3.8, 4) is 0 Å². The standard InChI is InChI=1S/C11H22N4O2/c1-13(2)4-3-12-11(17)9-14-5-7-15(10-16)8-6-14/h10H,3-9H2,1-2H3,(H,12,17). The van der Waals surface area contributed by atoms with Crippen LogP contribution in [0.3, 0.4) is 0 Å². The van der Waals surface area contributed by atoms with E-state index in [4.69, 9.17) is 0 Å². The van der Waals surface area contributed by atoms with Crippen LogP contribution in [0, 0.1) is 0 Å². The van der Waals surface area contributed by atoms with E-state index in [-0.39, 0.29) is 5.91 Å². The van der Waals surface area contributed by atoms with Crippen LogP contribution >= 0.6 is 0 Å². The summed E-state index contributed by atoms with van der Waals surface area (Å²) in [5.74, 6) is 0.0615. The van der Waals surface area contributed by atoms with Gasteiger partial charge in [-0.2, -0.15) is 0 Å². The molecule has 1 N–H and O–H groups in total. The van der Waals surface area contributed by atoms with Crippen molar-refractivity contribution in [1.82, 2.24) is 20.0 Å². The van der Waals surface area contributed by atoms with E-state index in [1.54, 1.807) is 4.90 Å². The Kier molecular flexibility index (Phi) is 5.93. The highest BCUT2D eigenvalue weighted by Crippen LogP contribution is 1.98. The third-order valence-corrected chi connectivity index (χ3v) is 2.80. The van der Waals surface area contributed by atoms with E-state index >= 15 is 0 Å². The van der Waals surface area contributed by atoms with E-state index in [1.807, 2.05) is 19.0 Å². The highest BCUT2D eigenvalue weighted by molar-refractivity contribution is 5.78. The smallest absolute Gasteiger partial charge is 0.234 e. The fourth-order valence-corrected chi connectivity index (χ4v) is 1.70. The topological polar surface area (TPSA) is 55.9 Å². The Morgan fingerprint density at radius 3 is 2.47 bits per heavy atom. The van der Waals surface area contributed by atoms with Gasteiger partial charge in [-0.3, -0.25) is 14.5 Å². The summed E-state index contributed by atoms with van der Waals surface area (Å²) in [7, 11) is 3.95. The molecule has 1 saturated heterocycles. The zero-order chi connectivity index (χ0) is 12.7. The van der Waals surface area contributed by atoms with Crippen LogP contribution in [0.5, 0.6) is 0 Å². The first-order chi connectivity index (χ1) is 8.11. The van der Waals surface area contributed by atoms with Crippen molar-refractivity contribution in [2.45, 2.75) is 0 Å². The molecule has 0 unspecified atom stereocenters. The van der Waals surface area contributed by atoms with Crippen LogP contribution in [-0.4, -0.2) is 86.9 Å². The summed E-state index contributed by atoms with van der Waals surface area (Å²) < 4.78 is 0. The molecule has 6 heteroatoms. The summed E-state index contributed by atoms with van der Waals surface area (Å²) in [6, 6.07) is 0. The van der Waals surface area contributed by atoms with Gasteiger partial charge >= 0.3 is 0 Å². The van der Waals surface area contributed by atoms with E-state index in [0.29, 0.717) is 26.2 Å². The molecule has 0 aromatic carbocycles. The molecule has 0 aliphatic carbocycles. The Bertz CT molecular complexity index is 250. The predicted octanol–water partition coefficient (Wildman–Crippen LogP) is -1.56. The second-order valence-electron chi connectivity index (χ2n) is 4.57. The minimum atomic E-state index is 0.0615. The minimum absolute atomic E-state index is 0.0615. The number of nitrogens with one attached hydrogen (secondary N) is 1. The molecule has 17 heavy (non-hydrogen) atoms. The molecule has 1 aliphatic rings. The van der Waals surface area contributed by atoms with E-state index in [1.165, 1.54) is 0 Å². The maximum absolute atomic E-state index is 11.6. The SMILES string of the molecule is CN(C)CCNC(=O)CN1CCN(C=O)CC1. The Balaban J connectivity index is 2.12. The van der Waals surface area contributed by atoms with Crippen molar-refractivity contribution in [2.75, 3.05) is 59.9 Å². The summed E-state index contributed by atoms with van der Waals surface area (Å²) in [5, 5.41) is 2.88. The Morgan fingerprint density at radius 1 is 1.29 bits per heavy atom. The summed E-state index contributed by atoms with van der Waals surface area (Å²) in [5.41, 5.74) is 0. The number of hydrogen-bond donors (Lipinski definition) is 1. The predicted molar refractivity (Wildman–Crippen MR) is 65.6 cm³/mol. The summed E-state index contributed by atoms with van der Waals surface area (Å²) in [6.07, 6.45) is 0.870. The fraction of sp³-hybridized carbons (Fsp3) is 0.818. The van der Waals surface area contributed by atoms with Crippen molar-refractivity contribution in [2.24, 2.45) is 0 Å². The van der Waals surface area contributed by atoms with Gasteiger partial charge in [0.15, 0.2) is 0 Å². The van der Waals surface area contributed by atoms with Crippen molar-refractivity contribution in [3.05, 3.63) is 0 Å². The normalized spacial score (nSPS) is 17.2. The van der Waals surface area contributed by atoms with Gasteiger partial charge in [-0.15, -0.1) is 0 Å². The van der Waals surface area contributed by atoms with Gasteiger partial charge in [-0.1, -0.05) is 0 Å². The van der Waals surface area contributed by atoms with E-state index in [2.05, 4.69) is 10.2 Å². The monoisotopic (exact) mass is 242 g/mol. The number of likely N-dealkylation sites (N-methyl/N-ethyl adjacent to an activating group) is 1. The Morgan fingerprint density at radius 2 is 1.94 bits per heavy atom.